The molecule has 0 aliphatic rings. The highest BCUT2D eigenvalue weighted by molar-refractivity contribution is 5.40. The maximum atomic E-state index is 4.23. The van der Waals surface area contributed by atoms with Gasteiger partial charge >= 0.3 is 0 Å². The Balaban J connectivity index is 2.52. The Morgan fingerprint density at radius 2 is 1.68 bits per heavy atom. The number of rotatable bonds is 3. The second kappa shape index (κ2) is 5.49. The fraction of sp³-hybridized carbons (Fsp3) is 0.375. The third-order valence-corrected chi connectivity index (χ3v) is 3.48. The van der Waals surface area contributed by atoms with Crippen LogP contribution in [0.1, 0.15) is 39.7 Å². The second-order valence-corrected chi connectivity index (χ2v) is 5.11. The van der Waals surface area contributed by atoms with Gasteiger partial charge in [-0.25, -0.2) is 0 Å². The standard InChI is InChI=1S/C16H21N3/c1-10-6-7-14(11(2)8-10)16(17-5)15-9-12(3)18-19-13(15)4/h6-9,16-17H,1-5H3. The zero-order chi connectivity index (χ0) is 14.0. The van der Waals surface area contributed by atoms with E-state index in [1.807, 2.05) is 20.9 Å². The Bertz CT molecular complexity index is 591. The summed E-state index contributed by atoms with van der Waals surface area (Å²) in [6.45, 7) is 8.26. The molecular formula is C16H21N3. The van der Waals surface area contributed by atoms with Gasteiger partial charge in [-0.2, -0.15) is 10.2 Å². The maximum Gasteiger partial charge on any atom is 0.0651 e. The Morgan fingerprint density at radius 1 is 0.947 bits per heavy atom. The summed E-state index contributed by atoms with van der Waals surface area (Å²) < 4.78 is 0. The topological polar surface area (TPSA) is 37.8 Å². The van der Waals surface area contributed by atoms with E-state index in [-0.39, 0.29) is 6.04 Å². The first-order valence-corrected chi connectivity index (χ1v) is 6.58. The maximum absolute atomic E-state index is 4.23. The summed E-state index contributed by atoms with van der Waals surface area (Å²) in [6.07, 6.45) is 0. The van der Waals surface area contributed by atoms with Gasteiger partial charge in [0.15, 0.2) is 0 Å². The van der Waals surface area contributed by atoms with Crippen LogP contribution in [0.3, 0.4) is 0 Å². The Labute approximate surface area is 115 Å². The highest BCUT2D eigenvalue weighted by atomic mass is 15.1. The SMILES string of the molecule is CNC(c1ccc(C)cc1C)c1cc(C)nnc1C. The number of aromatic nitrogens is 2. The number of hydrogen-bond acceptors (Lipinski definition) is 3. The van der Waals surface area contributed by atoms with Crippen LogP contribution >= 0.6 is 0 Å². The lowest BCUT2D eigenvalue weighted by atomic mass is 9.93. The van der Waals surface area contributed by atoms with Crippen LogP contribution < -0.4 is 5.32 Å². The minimum Gasteiger partial charge on any atom is -0.309 e. The molecule has 1 unspecified atom stereocenters. The van der Waals surface area contributed by atoms with E-state index in [4.69, 9.17) is 0 Å². The summed E-state index contributed by atoms with van der Waals surface area (Å²) >= 11 is 0. The number of hydrogen-bond donors (Lipinski definition) is 1. The van der Waals surface area contributed by atoms with Crippen molar-refractivity contribution in [3.63, 3.8) is 0 Å². The van der Waals surface area contributed by atoms with E-state index < -0.39 is 0 Å². The monoisotopic (exact) mass is 255 g/mol. The van der Waals surface area contributed by atoms with Crippen molar-refractivity contribution in [2.45, 2.75) is 33.7 Å². The molecule has 0 saturated heterocycles. The zero-order valence-corrected chi connectivity index (χ0v) is 12.3. The van der Waals surface area contributed by atoms with Crippen LogP contribution in [-0.4, -0.2) is 17.2 Å². The summed E-state index contributed by atoms with van der Waals surface area (Å²) in [5.74, 6) is 0. The molecule has 0 bridgehead atoms. The third-order valence-electron chi connectivity index (χ3n) is 3.48. The molecule has 0 amide bonds. The zero-order valence-electron chi connectivity index (χ0n) is 12.3. The van der Waals surface area contributed by atoms with Crippen LogP contribution in [0.5, 0.6) is 0 Å². The molecule has 1 heterocycles. The molecule has 1 atom stereocenters. The van der Waals surface area contributed by atoms with Gasteiger partial charge in [0, 0.05) is 0 Å². The Hall–Kier alpha value is -1.74. The molecule has 0 saturated carbocycles. The smallest absolute Gasteiger partial charge is 0.0651 e. The van der Waals surface area contributed by atoms with Crippen molar-refractivity contribution in [3.8, 4) is 0 Å². The van der Waals surface area contributed by atoms with Gasteiger partial charge in [-0.1, -0.05) is 23.8 Å². The van der Waals surface area contributed by atoms with Crippen molar-refractivity contribution in [1.29, 1.82) is 0 Å². The third kappa shape index (κ3) is 2.82. The average molecular weight is 255 g/mol. The summed E-state index contributed by atoms with van der Waals surface area (Å²) in [4.78, 5) is 0. The van der Waals surface area contributed by atoms with Crippen LogP contribution in [0.15, 0.2) is 24.3 Å². The minimum atomic E-state index is 0.162. The first-order valence-electron chi connectivity index (χ1n) is 6.58. The van der Waals surface area contributed by atoms with Gasteiger partial charge in [-0.15, -0.1) is 0 Å². The molecule has 3 heteroatoms. The molecule has 0 fully saturated rings. The summed E-state index contributed by atoms with van der Waals surface area (Å²) in [5.41, 5.74) is 7.01. The van der Waals surface area contributed by atoms with Crippen molar-refractivity contribution in [1.82, 2.24) is 15.5 Å². The van der Waals surface area contributed by atoms with Crippen molar-refractivity contribution in [3.05, 3.63) is 57.9 Å². The van der Waals surface area contributed by atoms with Gasteiger partial charge in [0.2, 0.25) is 0 Å². The van der Waals surface area contributed by atoms with Crippen LogP contribution in [-0.2, 0) is 0 Å². The molecule has 2 rings (SSSR count). The van der Waals surface area contributed by atoms with Gasteiger partial charge in [-0.05, 0) is 57.5 Å². The fourth-order valence-electron chi connectivity index (χ4n) is 2.49. The molecule has 0 spiro atoms. The van der Waals surface area contributed by atoms with Crippen molar-refractivity contribution in [2.24, 2.45) is 0 Å². The van der Waals surface area contributed by atoms with Crippen molar-refractivity contribution in [2.75, 3.05) is 7.05 Å². The molecule has 1 aromatic carbocycles. The van der Waals surface area contributed by atoms with Gasteiger partial charge in [-0.3, -0.25) is 0 Å². The van der Waals surface area contributed by atoms with E-state index in [1.54, 1.807) is 0 Å². The average Bonchev–Trinajstić information content (AvgIpc) is 2.36. The molecule has 3 nitrogen and oxygen atoms in total. The molecule has 0 radical (unpaired) electrons. The lowest BCUT2D eigenvalue weighted by Gasteiger charge is -2.21. The quantitative estimate of drug-likeness (QED) is 0.916. The first-order chi connectivity index (χ1) is 9.02. The van der Waals surface area contributed by atoms with E-state index in [0.717, 1.165) is 11.4 Å². The van der Waals surface area contributed by atoms with Crippen LogP contribution in [0.4, 0.5) is 0 Å². The van der Waals surface area contributed by atoms with E-state index >= 15 is 0 Å². The predicted octanol–water partition coefficient (Wildman–Crippen LogP) is 3.02. The molecule has 100 valence electrons. The van der Waals surface area contributed by atoms with Gasteiger partial charge in [0.25, 0.3) is 0 Å². The summed E-state index contributed by atoms with van der Waals surface area (Å²) in [6, 6.07) is 8.85. The molecule has 1 N–H and O–H groups in total. The highest BCUT2D eigenvalue weighted by Crippen LogP contribution is 2.26. The Morgan fingerprint density at radius 3 is 2.32 bits per heavy atom. The van der Waals surface area contributed by atoms with E-state index in [1.165, 1.54) is 22.3 Å². The summed E-state index contributed by atoms with van der Waals surface area (Å²) in [5, 5.41) is 11.7. The van der Waals surface area contributed by atoms with E-state index in [9.17, 15) is 0 Å². The van der Waals surface area contributed by atoms with Gasteiger partial charge in [0.05, 0.1) is 17.4 Å². The van der Waals surface area contributed by atoms with E-state index in [2.05, 4.69) is 53.6 Å². The van der Waals surface area contributed by atoms with Crippen LogP contribution in [0.2, 0.25) is 0 Å². The second-order valence-electron chi connectivity index (χ2n) is 5.11. The molecule has 0 aliphatic carbocycles. The van der Waals surface area contributed by atoms with Gasteiger partial charge in [0.1, 0.15) is 0 Å². The Kier molecular flexibility index (Phi) is 3.96. The largest absolute Gasteiger partial charge is 0.309 e. The normalized spacial score (nSPS) is 12.5. The predicted molar refractivity (Wildman–Crippen MR) is 78.3 cm³/mol. The number of nitrogens with one attached hydrogen (secondary N) is 1. The van der Waals surface area contributed by atoms with Crippen LogP contribution in [0, 0.1) is 27.7 Å². The summed E-state index contributed by atoms with van der Waals surface area (Å²) in [7, 11) is 1.99. The molecule has 1 aromatic heterocycles. The molecular weight excluding hydrogens is 234 g/mol. The number of benzene rings is 1. The van der Waals surface area contributed by atoms with Crippen molar-refractivity contribution >= 4 is 0 Å². The highest BCUT2D eigenvalue weighted by Gasteiger charge is 2.17. The van der Waals surface area contributed by atoms with Crippen LogP contribution in [0.25, 0.3) is 0 Å². The molecule has 19 heavy (non-hydrogen) atoms. The van der Waals surface area contributed by atoms with E-state index in [0.29, 0.717) is 0 Å². The number of aryl methyl sites for hydroxylation is 4. The fourth-order valence-corrected chi connectivity index (χ4v) is 2.49. The first kappa shape index (κ1) is 13.7. The number of nitrogens with zero attached hydrogens (tertiary/aromatic N) is 2. The lowest BCUT2D eigenvalue weighted by molar-refractivity contribution is 0.671. The lowest BCUT2D eigenvalue weighted by Crippen LogP contribution is -2.20. The minimum absolute atomic E-state index is 0.162. The van der Waals surface area contributed by atoms with Crippen molar-refractivity contribution < 1.29 is 0 Å². The molecule has 2 aromatic rings. The molecule has 0 aliphatic heterocycles. The van der Waals surface area contributed by atoms with Gasteiger partial charge < -0.3 is 5.32 Å².